The van der Waals surface area contributed by atoms with Crippen molar-refractivity contribution in [3.63, 3.8) is 0 Å². The highest BCUT2D eigenvalue weighted by Gasteiger charge is 2.46. The second-order valence-corrected chi connectivity index (χ2v) is 4.51. The number of hydrogen-bond donors (Lipinski definition) is 1. The fourth-order valence-corrected chi connectivity index (χ4v) is 2.70. The van der Waals surface area contributed by atoms with Gasteiger partial charge in [0.2, 0.25) is 0 Å². The summed E-state index contributed by atoms with van der Waals surface area (Å²) in [5.41, 5.74) is 0. The fourth-order valence-electron chi connectivity index (χ4n) is 2.70. The zero-order valence-corrected chi connectivity index (χ0v) is 7.86. The van der Waals surface area contributed by atoms with E-state index in [0.717, 1.165) is 19.4 Å². The van der Waals surface area contributed by atoms with E-state index in [9.17, 15) is 5.11 Å². The molecule has 0 aromatic heterocycles. The van der Waals surface area contributed by atoms with E-state index in [4.69, 9.17) is 4.74 Å². The van der Waals surface area contributed by atoms with Crippen LogP contribution < -0.4 is 0 Å². The number of aliphatic hydroxyl groups is 1. The summed E-state index contributed by atoms with van der Waals surface area (Å²) in [6.07, 6.45) is 2.09. The second-order valence-electron chi connectivity index (χ2n) is 4.51. The molecule has 0 amide bonds. The van der Waals surface area contributed by atoms with Crippen molar-refractivity contribution in [1.82, 2.24) is 0 Å². The van der Waals surface area contributed by atoms with Gasteiger partial charge in [-0.3, -0.25) is 0 Å². The molecule has 0 spiro atoms. The van der Waals surface area contributed by atoms with Crippen molar-refractivity contribution in [2.24, 2.45) is 17.8 Å². The molecule has 0 aromatic carbocycles. The topological polar surface area (TPSA) is 29.5 Å². The molecule has 0 radical (unpaired) electrons. The van der Waals surface area contributed by atoms with E-state index in [1.807, 2.05) is 0 Å². The average molecular weight is 170 g/mol. The molecule has 12 heavy (non-hydrogen) atoms. The molecule has 0 bridgehead atoms. The van der Waals surface area contributed by atoms with Gasteiger partial charge in [-0.05, 0) is 30.6 Å². The lowest BCUT2D eigenvalue weighted by Crippen LogP contribution is -2.24. The first-order chi connectivity index (χ1) is 5.70. The van der Waals surface area contributed by atoms with Crippen LogP contribution in [-0.4, -0.2) is 23.9 Å². The standard InChI is InChI=1S/C10H18O2/c1-6(2)8-5-12-10-7(8)3-4-9(10)11/h6-11H,3-5H2,1-2H3. The van der Waals surface area contributed by atoms with E-state index in [0.29, 0.717) is 17.8 Å². The Labute approximate surface area is 73.9 Å². The third-order valence-electron chi connectivity index (χ3n) is 3.48. The minimum Gasteiger partial charge on any atom is -0.390 e. The number of fused-ring (bicyclic) bond motifs is 1. The first-order valence-electron chi connectivity index (χ1n) is 5.00. The molecule has 1 aliphatic heterocycles. The Kier molecular flexibility index (Phi) is 2.13. The third-order valence-corrected chi connectivity index (χ3v) is 3.48. The highest BCUT2D eigenvalue weighted by atomic mass is 16.5. The van der Waals surface area contributed by atoms with Crippen molar-refractivity contribution >= 4 is 0 Å². The van der Waals surface area contributed by atoms with Crippen molar-refractivity contribution < 1.29 is 9.84 Å². The SMILES string of the molecule is CC(C)C1COC2C(O)CCC12. The van der Waals surface area contributed by atoms with Gasteiger partial charge in [-0.1, -0.05) is 13.8 Å². The molecule has 1 saturated heterocycles. The molecule has 1 heterocycles. The largest absolute Gasteiger partial charge is 0.390 e. The Hall–Kier alpha value is -0.0800. The molecule has 2 nitrogen and oxygen atoms in total. The summed E-state index contributed by atoms with van der Waals surface area (Å²) >= 11 is 0. The molecule has 2 heteroatoms. The molecule has 70 valence electrons. The van der Waals surface area contributed by atoms with Gasteiger partial charge in [0.1, 0.15) is 0 Å². The summed E-state index contributed by atoms with van der Waals surface area (Å²) in [6, 6.07) is 0. The zero-order valence-electron chi connectivity index (χ0n) is 7.86. The van der Waals surface area contributed by atoms with Crippen LogP contribution in [0.2, 0.25) is 0 Å². The van der Waals surface area contributed by atoms with Crippen LogP contribution in [-0.2, 0) is 4.74 Å². The quantitative estimate of drug-likeness (QED) is 0.645. The van der Waals surface area contributed by atoms with E-state index >= 15 is 0 Å². The van der Waals surface area contributed by atoms with Gasteiger partial charge in [-0.15, -0.1) is 0 Å². The maximum absolute atomic E-state index is 9.57. The van der Waals surface area contributed by atoms with Gasteiger partial charge < -0.3 is 9.84 Å². The van der Waals surface area contributed by atoms with Crippen LogP contribution >= 0.6 is 0 Å². The van der Waals surface area contributed by atoms with Crippen molar-refractivity contribution in [2.75, 3.05) is 6.61 Å². The van der Waals surface area contributed by atoms with Crippen LogP contribution in [0.1, 0.15) is 26.7 Å². The lowest BCUT2D eigenvalue weighted by molar-refractivity contribution is 0.00594. The summed E-state index contributed by atoms with van der Waals surface area (Å²) in [7, 11) is 0. The smallest absolute Gasteiger partial charge is 0.0865 e. The minimum atomic E-state index is -0.182. The Bertz CT molecular complexity index is 167. The molecule has 1 N–H and O–H groups in total. The van der Waals surface area contributed by atoms with Gasteiger partial charge in [0.25, 0.3) is 0 Å². The first-order valence-corrected chi connectivity index (χ1v) is 5.00. The summed E-state index contributed by atoms with van der Waals surface area (Å²) in [4.78, 5) is 0. The summed E-state index contributed by atoms with van der Waals surface area (Å²) in [5.74, 6) is 2.03. The highest BCUT2D eigenvalue weighted by Crippen LogP contribution is 2.42. The Morgan fingerprint density at radius 2 is 2.08 bits per heavy atom. The average Bonchev–Trinajstić information content (AvgIpc) is 2.53. The van der Waals surface area contributed by atoms with Gasteiger partial charge >= 0.3 is 0 Å². The highest BCUT2D eigenvalue weighted by molar-refractivity contribution is 4.94. The molecule has 2 aliphatic rings. The monoisotopic (exact) mass is 170 g/mol. The zero-order chi connectivity index (χ0) is 8.72. The van der Waals surface area contributed by atoms with E-state index in [1.165, 1.54) is 0 Å². The molecule has 2 rings (SSSR count). The molecule has 4 atom stereocenters. The Balaban J connectivity index is 2.05. The predicted octanol–water partition coefficient (Wildman–Crippen LogP) is 1.43. The van der Waals surface area contributed by atoms with Crippen LogP contribution in [0.5, 0.6) is 0 Å². The lowest BCUT2D eigenvalue weighted by atomic mass is 9.84. The number of hydrogen-bond acceptors (Lipinski definition) is 2. The molecule has 0 aromatic rings. The third kappa shape index (κ3) is 1.17. The predicted molar refractivity (Wildman–Crippen MR) is 46.8 cm³/mol. The van der Waals surface area contributed by atoms with Crippen molar-refractivity contribution in [1.29, 1.82) is 0 Å². The molecule has 4 unspecified atom stereocenters. The van der Waals surface area contributed by atoms with E-state index < -0.39 is 0 Å². The normalized spacial score (nSPS) is 47.0. The summed E-state index contributed by atoms with van der Waals surface area (Å²) in [6.45, 7) is 5.37. The Morgan fingerprint density at radius 1 is 1.33 bits per heavy atom. The van der Waals surface area contributed by atoms with Gasteiger partial charge in [0.15, 0.2) is 0 Å². The molecule has 2 fully saturated rings. The second kappa shape index (κ2) is 3.00. The summed E-state index contributed by atoms with van der Waals surface area (Å²) < 4.78 is 5.61. The minimum absolute atomic E-state index is 0.164. The number of aliphatic hydroxyl groups excluding tert-OH is 1. The van der Waals surface area contributed by atoms with Crippen LogP contribution in [0.4, 0.5) is 0 Å². The van der Waals surface area contributed by atoms with Crippen LogP contribution in [0, 0.1) is 17.8 Å². The number of ether oxygens (including phenoxy) is 1. The van der Waals surface area contributed by atoms with E-state index in [1.54, 1.807) is 0 Å². The van der Waals surface area contributed by atoms with Crippen LogP contribution in [0.15, 0.2) is 0 Å². The Morgan fingerprint density at radius 3 is 2.75 bits per heavy atom. The molecular formula is C10H18O2. The lowest BCUT2D eigenvalue weighted by Gasteiger charge is -2.19. The molecule has 1 aliphatic carbocycles. The van der Waals surface area contributed by atoms with Crippen LogP contribution in [0.25, 0.3) is 0 Å². The van der Waals surface area contributed by atoms with Gasteiger partial charge in [0, 0.05) is 0 Å². The van der Waals surface area contributed by atoms with E-state index in [-0.39, 0.29) is 12.2 Å². The van der Waals surface area contributed by atoms with Gasteiger partial charge in [-0.25, -0.2) is 0 Å². The van der Waals surface area contributed by atoms with Crippen molar-refractivity contribution in [2.45, 2.75) is 38.9 Å². The van der Waals surface area contributed by atoms with Crippen molar-refractivity contribution in [3.05, 3.63) is 0 Å². The van der Waals surface area contributed by atoms with E-state index in [2.05, 4.69) is 13.8 Å². The number of rotatable bonds is 1. The molecule has 1 saturated carbocycles. The molecular weight excluding hydrogens is 152 g/mol. The maximum Gasteiger partial charge on any atom is 0.0865 e. The van der Waals surface area contributed by atoms with Crippen LogP contribution in [0.3, 0.4) is 0 Å². The van der Waals surface area contributed by atoms with Gasteiger partial charge in [-0.2, -0.15) is 0 Å². The fraction of sp³-hybridized carbons (Fsp3) is 1.00. The first kappa shape index (κ1) is 8.52. The maximum atomic E-state index is 9.57. The van der Waals surface area contributed by atoms with Gasteiger partial charge in [0.05, 0.1) is 18.8 Å². The van der Waals surface area contributed by atoms with Crippen molar-refractivity contribution in [3.8, 4) is 0 Å². The summed E-state index contributed by atoms with van der Waals surface area (Å²) in [5, 5.41) is 9.57.